The monoisotopic (exact) mass is 330 g/mol. The second-order valence-corrected chi connectivity index (χ2v) is 8.57. The lowest BCUT2D eigenvalue weighted by atomic mass is 9.63. The molecule has 0 radical (unpaired) electrons. The first kappa shape index (κ1) is 14.0. The Morgan fingerprint density at radius 2 is 1.88 bits per heavy atom. The summed E-state index contributed by atoms with van der Waals surface area (Å²) in [6.45, 7) is 0. The van der Waals surface area contributed by atoms with Gasteiger partial charge in [-0.2, -0.15) is 5.10 Å². The van der Waals surface area contributed by atoms with Gasteiger partial charge in [0, 0.05) is 22.7 Å². The van der Waals surface area contributed by atoms with Crippen LogP contribution in [0.5, 0.6) is 0 Å². The number of nitrogens with two attached hydrogens (primary N) is 1. The second-order valence-electron chi connectivity index (χ2n) is 8.57. The van der Waals surface area contributed by atoms with Crippen LogP contribution >= 0.6 is 0 Å². The highest BCUT2D eigenvalue weighted by Crippen LogP contribution is 2.66. The van der Waals surface area contributed by atoms with Crippen molar-refractivity contribution in [2.24, 2.45) is 11.1 Å². The van der Waals surface area contributed by atoms with Crippen molar-refractivity contribution in [1.82, 2.24) is 15.2 Å². The Labute approximate surface area is 146 Å². The minimum atomic E-state index is -0.143. The van der Waals surface area contributed by atoms with Crippen LogP contribution in [0.4, 0.5) is 0 Å². The van der Waals surface area contributed by atoms with E-state index in [1.807, 2.05) is 12.4 Å². The molecule has 0 aliphatic heterocycles. The number of aromatic nitrogens is 3. The number of hydrogen-bond donors (Lipinski definition) is 2. The number of hydrogen-bond acceptors (Lipinski definition) is 3. The van der Waals surface area contributed by atoms with Gasteiger partial charge in [-0.25, -0.2) is 0 Å². The molecule has 126 valence electrons. The lowest BCUT2D eigenvalue weighted by molar-refractivity contribution is 0.124. The molecule has 0 bridgehead atoms. The zero-order valence-electron chi connectivity index (χ0n) is 14.3. The van der Waals surface area contributed by atoms with Crippen LogP contribution in [0.1, 0.15) is 55.6 Å². The Hall–Kier alpha value is -2.20. The molecule has 2 aromatic heterocycles. The van der Waals surface area contributed by atoms with E-state index >= 15 is 0 Å². The summed E-state index contributed by atoms with van der Waals surface area (Å²) in [6, 6.07) is 8.67. The third-order valence-corrected chi connectivity index (χ3v) is 6.60. The highest BCUT2D eigenvalue weighted by atomic mass is 15.1. The van der Waals surface area contributed by atoms with Gasteiger partial charge >= 0.3 is 0 Å². The van der Waals surface area contributed by atoms with Crippen molar-refractivity contribution in [2.75, 3.05) is 0 Å². The van der Waals surface area contributed by atoms with Crippen LogP contribution in [0.2, 0.25) is 0 Å². The molecule has 0 amide bonds. The third-order valence-electron chi connectivity index (χ3n) is 6.60. The van der Waals surface area contributed by atoms with Gasteiger partial charge in [0.05, 0.1) is 17.4 Å². The summed E-state index contributed by atoms with van der Waals surface area (Å²) in [5.41, 5.74) is 13.1. The SMILES string of the molecule is NC1(c2ccc(-c3ccc4[nH]ncc4c3C3CC3)nc2)CC2(CC2)C1. The van der Waals surface area contributed by atoms with Crippen LogP contribution in [0, 0.1) is 5.41 Å². The maximum absolute atomic E-state index is 6.62. The van der Waals surface area contributed by atoms with E-state index in [2.05, 4.69) is 34.5 Å². The number of fused-ring (bicyclic) bond motifs is 1. The molecule has 1 aromatic carbocycles. The van der Waals surface area contributed by atoms with E-state index in [0.717, 1.165) is 24.1 Å². The number of nitrogens with zero attached hydrogens (tertiary/aromatic N) is 2. The Morgan fingerprint density at radius 3 is 2.56 bits per heavy atom. The van der Waals surface area contributed by atoms with E-state index in [4.69, 9.17) is 10.7 Å². The summed E-state index contributed by atoms with van der Waals surface area (Å²) < 4.78 is 0. The summed E-state index contributed by atoms with van der Waals surface area (Å²) in [7, 11) is 0. The van der Waals surface area contributed by atoms with E-state index < -0.39 is 0 Å². The van der Waals surface area contributed by atoms with E-state index in [1.165, 1.54) is 47.8 Å². The number of aromatic amines is 1. The molecule has 3 aliphatic rings. The van der Waals surface area contributed by atoms with Gasteiger partial charge < -0.3 is 5.73 Å². The van der Waals surface area contributed by atoms with Crippen molar-refractivity contribution in [1.29, 1.82) is 0 Å². The Kier molecular flexibility index (Phi) is 2.52. The largest absolute Gasteiger partial charge is 0.321 e. The summed E-state index contributed by atoms with van der Waals surface area (Å²) in [5.74, 6) is 0.653. The summed E-state index contributed by atoms with van der Waals surface area (Å²) in [6.07, 6.45) is 11.5. The van der Waals surface area contributed by atoms with Crippen molar-refractivity contribution in [3.63, 3.8) is 0 Å². The zero-order valence-corrected chi connectivity index (χ0v) is 14.3. The van der Waals surface area contributed by atoms with Gasteiger partial charge in [0.1, 0.15) is 0 Å². The first-order valence-corrected chi connectivity index (χ1v) is 9.38. The fourth-order valence-electron chi connectivity index (χ4n) is 4.94. The van der Waals surface area contributed by atoms with Crippen LogP contribution in [0.15, 0.2) is 36.7 Å². The minimum Gasteiger partial charge on any atom is -0.321 e. The lowest BCUT2D eigenvalue weighted by Crippen LogP contribution is -2.50. The topological polar surface area (TPSA) is 67.6 Å². The van der Waals surface area contributed by atoms with E-state index in [9.17, 15) is 0 Å². The molecule has 6 rings (SSSR count). The third kappa shape index (κ3) is 2.04. The van der Waals surface area contributed by atoms with E-state index in [-0.39, 0.29) is 5.54 Å². The molecule has 0 atom stereocenters. The normalized spacial score (nSPS) is 22.9. The highest BCUT2D eigenvalue weighted by Gasteiger charge is 2.59. The quantitative estimate of drug-likeness (QED) is 0.755. The molecule has 4 heteroatoms. The molecule has 0 unspecified atom stereocenters. The van der Waals surface area contributed by atoms with Crippen molar-refractivity contribution in [3.8, 4) is 11.3 Å². The molecule has 0 saturated heterocycles. The van der Waals surface area contributed by atoms with Crippen LogP contribution < -0.4 is 5.73 Å². The summed E-state index contributed by atoms with van der Waals surface area (Å²) in [5, 5.41) is 8.57. The summed E-state index contributed by atoms with van der Waals surface area (Å²) in [4.78, 5) is 4.82. The van der Waals surface area contributed by atoms with Crippen molar-refractivity contribution >= 4 is 10.9 Å². The molecular formula is C21H22N4. The first-order chi connectivity index (χ1) is 12.2. The molecule has 3 fully saturated rings. The molecule has 3 aliphatic carbocycles. The first-order valence-electron chi connectivity index (χ1n) is 9.38. The highest BCUT2D eigenvalue weighted by molar-refractivity contribution is 5.89. The number of benzene rings is 1. The maximum Gasteiger partial charge on any atom is 0.0705 e. The number of nitrogens with one attached hydrogen (secondary N) is 1. The standard InChI is InChI=1S/C21H22N4/c22-21(11-20(12-21)7-8-20)14-3-5-17(23-9-14)15-4-6-18-16(10-24-25-18)19(15)13-1-2-13/h3-6,9-10,13H,1-2,7-8,11-12,22H2,(H,24,25). The second kappa shape index (κ2) is 4.50. The molecule has 2 heterocycles. The van der Waals surface area contributed by atoms with Crippen LogP contribution in [-0.4, -0.2) is 15.2 Å². The fourth-order valence-corrected chi connectivity index (χ4v) is 4.94. The van der Waals surface area contributed by atoms with Crippen molar-refractivity contribution < 1.29 is 0 Å². The fraction of sp³-hybridized carbons (Fsp3) is 0.429. The van der Waals surface area contributed by atoms with E-state index in [0.29, 0.717) is 11.3 Å². The van der Waals surface area contributed by atoms with Crippen LogP contribution in [-0.2, 0) is 5.54 Å². The van der Waals surface area contributed by atoms with Gasteiger partial charge in [0.2, 0.25) is 0 Å². The van der Waals surface area contributed by atoms with E-state index in [1.54, 1.807) is 0 Å². The predicted molar refractivity (Wildman–Crippen MR) is 98.1 cm³/mol. The van der Waals surface area contributed by atoms with Gasteiger partial charge in [-0.15, -0.1) is 0 Å². The number of H-pyrrole nitrogens is 1. The van der Waals surface area contributed by atoms with Gasteiger partial charge in [-0.1, -0.05) is 12.1 Å². The maximum atomic E-state index is 6.62. The Bertz CT molecular complexity index is 969. The molecular weight excluding hydrogens is 308 g/mol. The molecule has 25 heavy (non-hydrogen) atoms. The number of rotatable bonds is 3. The molecule has 1 spiro atoms. The molecule has 3 N–H and O–H groups in total. The Balaban J connectivity index is 1.40. The smallest absolute Gasteiger partial charge is 0.0705 e. The molecule has 3 saturated carbocycles. The van der Waals surface area contributed by atoms with Gasteiger partial charge in [0.15, 0.2) is 0 Å². The van der Waals surface area contributed by atoms with Gasteiger partial charge in [-0.05, 0) is 73.1 Å². The average Bonchev–Trinajstić information content (AvgIpc) is 3.52. The van der Waals surface area contributed by atoms with Gasteiger partial charge in [-0.3, -0.25) is 10.1 Å². The minimum absolute atomic E-state index is 0.143. The number of pyridine rings is 1. The summed E-state index contributed by atoms with van der Waals surface area (Å²) >= 11 is 0. The average molecular weight is 330 g/mol. The molecule has 3 aromatic rings. The van der Waals surface area contributed by atoms with Crippen LogP contribution in [0.3, 0.4) is 0 Å². The van der Waals surface area contributed by atoms with Crippen molar-refractivity contribution in [3.05, 3.63) is 47.8 Å². The zero-order chi connectivity index (χ0) is 16.6. The Morgan fingerprint density at radius 1 is 1.04 bits per heavy atom. The predicted octanol–water partition coefficient (Wildman–Crippen LogP) is 4.23. The molecule has 4 nitrogen and oxygen atoms in total. The van der Waals surface area contributed by atoms with Crippen molar-refractivity contribution in [2.45, 2.75) is 50.0 Å². The van der Waals surface area contributed by atoms with Crippen LogP contribution in [0.25, 0.3) is 22.2 Å². The van der Waals surface area contributed by atoms with Gasteiger partial charge in [0.25, 0.3) is 0 Å². The lowest BCUT2D eigenvalue weighted by Gasteiger charge is -2.46.